The molecule has 1 aliphatic heterocycles. The summed E-state index contributed by atoms with van der Waals surface area (Å²) in [6.45, 7) is 2.09. The van der Waals surface area contributed by atoms with Crippen LogP contribution in [0.15, 0.2) is 16.9 Å². The van der Waals surface area contributed by atoms with Crippen LogP contribution < -0.4 is 10.6 Å². The van der Waals surface area contributed by atoms with E-state index in [9.17, 15) is 0 Å². The van der Waals surface area contributed by atoms with Crippen molar-refractivity contribution in [3.63, 3.8) is 0 Å². The van der Waals surface area contributed by atoms with Crippen LogP contribution in [0.4, 0.5) is 5.95 Å². The zero-order valence-corrected chi connectivity index (χ0v) is 8.81. The molecule has 0 amide bonds. The van der Waals surface area contributed by atoms with Gasteiger partial charge in [-0.05, 0) is 25.9 Å². The van der Waals surface area contributed by atoms with Crippen LogP contribution in [0.25, 0.3) is 11.1 Å². The molecule has 0 bridgehead atoms. The summed E-state index contributed by atoms with van der Waals surface area (Å²) in [5.41, 5.74) is 0.534. The van der Waals surface area contributed by atoms with Crippen molar-refractivity contribution in [2.45, 2.75) is 18.9 Å². The molecule has 2 N–H and O–H groups in total. The van der Waals surface area contributed by atoms with E-state index in [-0.39, 0.29) is 0 Å². The molecule has 84 valence electrons. The average molecular weight is 219 g/mol. The first kappa shape index (κ1) is 9.53. The summed E-state index contributed by atoms with van der Waals surface area (Å²) in [4.78, 5) is 8.49. The van der Waals surface area contributed by atoms with E-state index in [4.69, 9.17) is 4.52 Å². The monoisotopic (exact) mass is 219 g/mol. The Labute approximate surface area is 92.4 Å². The Morgan fingerprint density at radius 2 is 2.19 bits per heavy atom. The molecule has 1 saturated heterocycles. The standard InChI is InChI=1S/C10H13N5O/c1-3-11-4-2-8(1)14-10-12-5-7-6-13-16-9(7)15-10/h5-6,8,11H,1-4H2,(H,12,14,15). The fourth-order valence-corrected chi connectivity index (χ4v) is 1.89. The molecule has 0 atom stereocenters. The number of piperidine rings is 1. The van der Waals surface area contributed by atoms with Crippen LogP contribution in [0.3, 0.4) is 0 Å². The van der Waals surface area contributed by atoms with Gasteiger partial charge in [0.2, 0.25) is 5.95 Å². The van der Waals surface area contributed by atoms with E-state index in [0.717, 1.165) is 31.3 Å². The molecule has 0 saturated carbocycles. The highest BCUT2D eigenvalue weighted by atomic mass is 16.5. The van der Waals surface area contributed by atoms with Crippen LogP contribution in [0, 0.1) is 0 Å². The van der Waals surface area contributed by atoms with E-state index >= 15 is 0 Å². The van der Waals surface area contributed by atoms with Gasteiger partial charge in [0.05, 0.1) is 11.6 Å². The Kier molecular flexibility index (Phi) is 2.41. The maximum absolute atomic E-state index is 4.99. The van der Waals surface area contributed by atoms with E-state index < -0.39 is 0 Å². The first-order valence-electron chi connectivity index (χ1n) is 5.46. The Balaban J connectivity index is 1.77. The Hall–Kier alpha value is -1.69. The molecule has 2 aromatic heterocycles. The number of hydrogen-bond donors (Lipinski definition) is 2. The third-order valence-corrected chi connectivity index (χ3v) is 2.78. The van der Waals surface area contributed by atoms with Gasteiger partial charge in [-0.1, -0.05) is 5.16 Å². The topological polar surface area (TPSA) is 75.9 Å². The van der Waals surface area contributed by atoms with Crippen LogP contribution in [-0.2, 0) is 0 Å². The molecule has 0 aliphatic carbocycles. The van der Waals surface area contributed by atoms with Crippen LogP contribution in [-0.4, -0.2) is 34.3 Å². The van der Waals surface area contributed by atoms with Gasteiger partial charge in [0.25, 0.3) is 5.71 Å². The maximum Gasteiger partial charge on any atom is 0.262 e. The number of hydrogen-bond acceptors (Lipinski definition) is 6. The molecule has 3 heterocycles. The number of fused-ring (bicyclic) bond motifs is 1. The predicted molar refractivity (Wildman–Crippen MR) is 59.1 cm³/mol. The molecule has 3 rings (SSSR count). The molecule has 6 nitrogen and oxygen atoms in total. The highest BCUT2D eigenvalue weighted by molar-refractivity contribution is 5.71. The third-order valence-electron chi connectivity index (χ3n) is 2.78. The third kappa shape index (κ3) is 1.83. The lowest BCUT2D eigenvalue weighted by Gasteiger charge is -2.23. The van der Waals surface area contributed by atoms with Gasteiger partial charge in [-0.3, -0.25) is 0 Å². The average Bonchev–Trinajstić information content (AvgIpc) is 2.77. The summed E-state index contributed by atoms with van der Waals surface area (Å²) in [6, 6.07) is 0.446. The van der Waals surface area contributed by atoms with Gasteiger partial charge in [-0.2, -0.15) is 4.98 Å². The van der Waals surface area contributed by atoms with Gasteiger partial charge in [-0.15, -0.1) is 0 Å². The van der Waals surface area contributed by atoms with Crippen molar-refractivity contribution >= 4 is 17.0 Å². The predicted octanol–water partition coefficient (Wildman–Crippen LogP) is 0.782. The smallest absolute Gasteiger partial charge is 0.262 e. The molecule has 6 heteroatoms. The Morgan fingerprint density at radius 1 is 1.31 bits per heavy atom. The van der Waals surface area contributed by atoms with E-state index in [0.29, 0.717) is 17.7 Å². The lowest BCUT2D eigenvalue weighted by molar-refractivity contribution is 0.447. The molecular formula is C10H13N5O. The normalized spacial score (nSPS) is 17.8. The largest absolute Gasteiger partial charge is 0.351 e. The summed E-state index contributed by atoms with van der Waals surface area (Å²) in [7, 11) is 0. The number of aromatic nitrogens is 3. The second-order valence-electron chi connectivity index (χ2n) is 3.95. The maximum atomic E-state index is 4.99. The van der Waals surface area contributed by atoms with Gasteiger partial charge >= 0.3 is 0 Å². The molecule has 2 aromatic rings. The summed E-state index contributed by atoms with van der Waals surface area (Å²) >= 11 is 0. The number of nitrogens with zero attached hydrogens (tertiary/aromatic N) is 3. The van der Waals surface area contributed by atoms with Crippen molar-refractivity contribution < 1.29 is 4.52 Å². The zero-order valence-electron chi connectivity index (χ0n) is 8.81. The van der Waals surface area contributed by atoms with Crippen LogP contribution in [0.1, 0.15) is 12.8 Å². The number of nitrogens with one attached hydrogen (secondary N) is 2. The summed E-state index contributed by atoms with van der Waals surface area (Å²) in [5.74, 6) is 0.621. The SMILES string of the molecule is c1noc2nc(NC3CCNCC3)ncc12. The molecule has 0 radical (unpaired) electrons. The van der Waals surface area contributed by atoms with Gasteiger partial charge in [-0.25, -0.2) is 4.98 Å². The molecule has 0 unspecified atom stereocenters. The quantitative estimate of drug-likeness (QED) is 0.777. The van der Waals surface area contributed by atoms with E-state index in [2.05, 4.69) is 25.8 Å². The van der Waals surface area contributed by atoms with Gasteiger partial charge in [0.1, 0.15) is 0 Å². The van der Waals surface area contributed by atoms with Crippen molar-refractivity contribution in [1.82, 2.24) is 20.4 Å². The molecule has 0 spiro atoms. The first-order valence-corrected chi connectivity index (χ1v) is 5.46. The molecule has 0 aromatic carbocycles. The van der Waals surface area contributed by atoms with Crippen molar-refractivity contribution in [3.8, 4) is 0 Å². The molecule has 16 heavy (non-hydrogen) atoms. The van der Waals surface area contributed by atoms with E-state index in [1.165, 1.54) is 0 Å². The van der Waals surface area contributed by atoms with Crippen molar-refractivity contribution in [2.24, 2.45) is 0 Å². The van der Waals surface area contributed by atoms with Gasteiger partial charge in [0, 0.05) is 12.2 Å². The van der Waals surface area contributed by atoms with E-state index in [1.807, 2.05) is 0 Å². The molecule has 1 fully saturated rings. The number of anilines is 1. The second-order valence-corrected chi connectivity index (χ2v) is 3.95. The zero-order chi connectivity index (χ0) is 10.8. The fraction of sp³-hybridized carbons (Fsp3) is 0.500. The highest BCUT2D eigenvalue weighted by Crippen LogP contribution is 2.13. The first-order chi connectivity index (χ1) is 7.92. The van der Waals surface area contributed by atoms with E-state index in [1.54, 1.807) is 12.4 Å². The van der Waals surface area contributed by atoms with Gasteiger partial charge < -0.3 is 15.2 Å². The minimum atomic E-state index is 0.446. The minimum absolute atomic E-state index is 0.446. The minimum Gasteiger partial charge on any atom is -0.351 e. The van der Waals surface area contributed by atoms with Crippen LogP contribution in [0.5, 0.6) is 0 Å². The Morgan fingerprint density at radius 3 is 3.06 bits per heavy atom. The lowest BCUT2D eigenvalue weighted by atomic mass is 10.1. The summed E-state index contributed by atoms with van der Waals surface area (Å²) in [5, 5.41) is 11.1. The van der Waals surface area contributed by atoms with Crippen molar-refractivity contribution in [3.05, 3.63) is 12.4 Å². The highest BCUT2D eigenvalue weighted by Gasteiger charge is 2.14. The lowest BCUT2D eigenvalue weighted by Crippen LogP contribution is -2.35. The van der Waals surface area contributed by atoms with Gasteiger partial charge in [0.15, 0.2) is 0 Å². The fourth-order valence-electron chi connectivity index (χ4n) is 1.89. The molecular weight excluding hydrogens is 206 g/mol. The van der Waals surface area contributed by atoms with Crippen molar-refractivity contribution in [2.75, 3.05) is 18.4 Å². The molecule has 1 aliphatic rings. The summed E-state index contributed by atoms with van der Waals surface area (Å²) < 4.78 is 4.99. The summed E-state index contributed by atoms with van der Waals surface area (Å²) in [6.07, 6.45) is 5.53. The Bertz CT molecular complexity index is 477. The second kappa shape index (κ2) is 4.05. The van der Waals surface area contributed by atoms with Crippen molar-refractivity contribution in [1.29, 1.82) is 0 Å². The van der Waals surface area contributed by atoms with Crippen LogP contribution in [0.2, 0.25) is 0 Å². The van der Waals surface area contributed by atoms with Crippen LogP contribution >= 0.6 is 0 Å². The number of rotatable bonds is 2.